The number of aromatic nitrogens is 4. The minimum absolute atomic E-state index is 0. The summed E-state index contributed by atoms with van der Waals surface area (Å²) >= 11 is -2.14. The summed E-state index contributed by atoms with van der Waals surface area (Å²) in [5.74, 6) is 7.50. The number of pyridine rings is 2. The molecule has 0 spiro atoms. The van der Waals surface area contributed by atoms with Crippen LogP contribution in [0.25, 0.3) is 72.6 Å². The van der Waals surface area contributed by atoms with Crippen molar-refractivity contribution < 1.29 is 30.0 Å². The number of imidazole rings is 1. The molecule has 0 saturated carbocycles. The van der Waals surface area contributed by atoms with Crippen LogP contribution in [-0.2, 0) is 25.5 Å². The molecular weight excluding hydrogens is 1030 g/mol. The summed E-state index contributed by atoms with van der Waals surface area (Å²) < 4.78 is 40.9. The van der Waals surface area contributed by atoms with Gasteiger partial charge in [0.2, 0.25) is 0 Å². The zero-order chi connectivity index (χ0) is 49.1. The molecule has 335 valence electrons. The number of nitrogens with zero attached hydrogens (tertiary/aromatic N) is 4. The maximum absolute atomic E-state index is 8.49. The smallest absolute Gasteiger partial charge is 0 e. The molecule has 0 N–H and O–H groups in total. The van der Waals surface area contributed by atoms with Crippen LogP contribution in [0.15, 0.2) is 126 Å². The Morgan fingerprint density at radius 3 is 2.05 bits per heavy atom. The normalized spacial score (nSPS) is 13.3. The number of para-hydroxylation sites is 1. The van der Waals surface area contributed by atoms with Gasteiger partial charge in [-0.05, 0) is 69.3 Å². The third-order valence-corrected chi connectivity index (χ3v) is 16.2. The Hall–Kier alpha value is -5.14. The van der Waals surface area contributed by atoms with E-state index >= 15 is 0 Å². The quantitative estimate of drug-likeness (QED) is 0.112. The van der Waals surface area contributed by atoms with Crippen LogP contribution in [0.3, 0.4) is 0 Å². The maximum Gasteiger partial charge on any atom is 0 e. The van der Waals surface area contributed by atoms with Crippen LogP contribution in [0.5, 0.6) is 0 Å². The van der Waals surface area contributed by atoms with E-state index in [0.717, 1.165) is 55.7 Å². The average Bonchev–Trinajstić information content (AvgIpc) is 3.86. The van der Waals surface area contributed by atoms with Crippen LogP contribution >= 0.6 is 0 Å². The zero-order valence-electron chi connectivity index (χ0n) is 43.7. The Labute approximate surface area is 408 Å². The van der Waals surface area contributed by atoms with Crippen LogP contribution < -0.4 is 4.40 Å². The van der Waals surface area contributed by atoms with Crippen molar-refractivity contribution in [3.63, 3.8) is 0 Å². The summed E-state index contributed by atoms with van der Waals surface area (Å²) in [6.45, 7) is 17.5. The van der Waals surface area contributed by atoms with E-state index in [4.69, 9.17) is 19.9 Å². The number of fused-ring (bicyclic) bond motifs is 4. The van der Waals surface area contributed by atoms with Crippen LogP contribution in [0, 0.1) is 19.0 Å². The van der Waals surface area contributed by atoms with Crippen molar-refractivity contribution >= 4 is 50.8 Å². The number of furan rings is 1. The molecule has 0 bridgehead atoms. The van der Waals surface area contributed by atoms with Gasteiger partial charge in [-0.1, -0.05) is 108 Å². The second kappa shape index (κ2) is 19.0. The van der Waals surface area contributed by atoms with Crippen molar-refractivity contribution in [3.8, 4) is 39.5 Å². The van der Waals surface area contributed by atoms with E-state index in [2.05, 4.69) is 154 Å². The Bertz CT molecular complexity index is 3250. The molecule has 9 aromatic rings. The van der Waals surface area contributed by atoms with Gasteiger partial charge in [0, 0.05) is 37.4 Å². The minimum atomic E-state index is -2.14. The van der Waals surface area contributed by atoms with Gasteiger partial charge in [0.05, 0.1) is 16.9 Å². The van der Waals surface area contributed by atoms with Crippen molar-refractivity contribution in [2.45, 2.75) is 110 Å². The molecular formula is C58H62GeIrN4O-2. The summed E-state index contributed by atoms with van der Waals surface area (Å²) in [4.78, 5) is 14.8. The first-order valence-corrected chi connectivity index (χ1v) is 29.7. The Balaban J connectivity index is 0.000000240. The fraction of sp³-hybridized carbons (Fsp3) is 0.293. The second-order valence-corrected chi connectivity index (χ2v) is 30.4. The third-order valence-electron chi connectivity index (χ3n) is 12.0. The number of aryl methyl sites for hydroxylation is 1. The standard InChI is InChI=1S/C40H38N3O.C18H24GeN.Ir/c1-24(2)32-20-27(26-14-9-8-10-15-26)21-33(25(3)4)36(32)43-34-22-28(40(5,6)7)23-41-38(34)42-39(43)31-18-13-17-30-29-16-11-12-19-35(29)44-37(30)31;1-13(2)16-11-18(15-9-7-14(3)8-10-15)20-12-17(16)19(4,5)6;/h8-17,19-25H,1-7H3;7-9,11-13H,1-6H3;/q2*-1;/i;3D3,13D;. The fourth-order valence-electron chi connectivity index (χ4n) is 8.44. The van der Waals surface area contributed by atoms with Gasteiger partial charge in [0.25, 0.3) is 0 Å². The van der Waals surface area contributed by atoms with Gasteiger partial charge in [0.15, 0.2) is 5.65 Å². The first-order chi connectivity index (χ1) is 31.9. The number of rotatable bonds is 8. The fourth-order valence-corrected chi connectivity index (χ4v) is 11.8. The number of benzene rings is 5. The predicted molar refractivity (Wildman–Crippen MR) is 273 cm³/mol. The molecule has 0 aliphatic heterocycles. The van der Waals surface area contributed by atoms with E-state index in [-0.39, 0.29) is 42.9 Å². The zero-order valence-corrected chi connectivity index (χ0v) is 44.2. The first-order valence-electron chi connectivity index (χ1n) is 24.4. The summed E-state index contributed by atoms with van der Waals surface area (Å²) in [5, 5.41) is 2.15. The SMILES string of the molecule is CC(C)c1cc(-c2ccccc2)cc(C(C)C)c1-n1c(-c2[c-]ccc3c2oc2ccccc23)nc2ncc(C(C)(C)C)cc21.[2H]C([2H])([2H])c1c[c-]c(-c2cc(C([2H])(C)C)[c]([Ge]([CH3])([CH3])[CH3])cn2)cc1.[Ir]. The number of hydrogen-bond acceptors (Lipinski definition) is 4. The number of hydrogen-bond donors (Lipinski definition) is 0. The summed E-state index contributed by atoms with van der Waals surface area (Å²) in [6, 6.07) is 43.3. The maximum atomic E-state index is 8.49. The van der Waals surface area contributed by atoms with E-state index in [9.17, 15) is 0 Å². The van der Waals surface area contributed by atoms with Gasteiger partial charge in [-0.2, -0.15) is 0 Å². The molecule has 4 aromatic heterocycles. The van der Waals surface area contributed by atoms with Crippen LogP contribution in [0.4, 0.5) is 0 Å². The molecule has 7 heteroatoms. The van der Waals surface area contributed by atoms with Gasteiger partial charge >= 0.3 is 131 Å². The van der Waals surface area contributed by atoms with Gasteiger partial charge in [-0.25, -0.2) is 4.98 Å². The van der Waals surface area contributed by atoms with Crippen LogP contribution in [0.1, 0.15) is 113 Å². The summed E-state index contributed by atoms with van der Waals surface area (Å²) in [7, 11) is 0. The van der Waals surface area contributed by atoms with Crippen LogP contribution in [0.2, 0.25) is 17.3 Å². The second-order valence-electron chi connectivity index (χ2n) is 19.8. The summed E-state index contributed by atoms with van der Waals surface area (Å²) in [5.41, 5.74) is 14.2. The van der Waals surface area contributed by atoms with Gasteiger partial charge in [0.1, 0.15) is 5.58 Å². The molecule has 9 rings (SSSR count). The Kier molecular flexibility index (Phi) is 12.4. The first kappa shape index (κ1) is 42.5. The van der Waals surface area contributed by atoms with Crippen LogP contribution in [-0.4, -0.2) is 32.8 Å². The van der Waals surface area contributed by atoms with E-state index in [1.807, 2.05) is 50.5 Å². The predicted octanol–water partition coefficient (Wildman–Crippen LogP) is 15.5. The minimum Gasteiger partial charge on any atom is 0 e. The van der Waals surface area contributed by atoms with E-state index in [1.165, 1.54) is 44.0 Å². The molecule has 0 fully saturated rings. The molecule has 0 atom stereocenters. The van der Waals surface area contributed by atoms with E-state index in [1.54, 1.807) is 12.1 Å². The monoisotopic (exact) mass is 1100 g/mol. The molecule has 5 nitrogen and oxygen atoms in total. The molecule has 4 heterocycles. The molecule has 0 saturated heterocycles. The summed E-state index contributed by atoms with van der Waals surface area (Å²) in [6.07, 6.45) is 3.88. The van der Waals surface area contributed by atoms with Crippen molar-refractivity contribution in [1.29, 1.82) is 0 Å². The van der Waals surface area contributed by atoms with E-state index < -0.39 is 26.0 Å². The molecule has 0 aliphatic rings. The van der Waals surface area contributed by atoms with Gasteiger partial charge in [-0.3, -0.25) is 4.98 Å². The van der Waals surface area contributed by atoms with E-state index in [0.29, 0.717) is 5.65 Å². The molecule has 65 heavy (non-hydrogen) atoms. The molecule has 0 unspecified atom stereocenters. The Morgan fingerprint density at radius 1 is 0.738 bits per heavy atom. The molecule has 0 aliphatic carbocycles. The van der Waals surface area contributed by atoms with Gasteiger partial charge < -0.3 is 8.98 Å². The van der Waals surface area contributed by atoms with Crippen molar-refractivity contribution in [2.24, 2.45) is 0 Å². The third kappa shape index (κ3) is 9.73. The van der Waals surface area contributed by atoms with Crippen molar-refractivity contribution in [2.75, 3.05) is 0 Å². The Morgan fingerprint density at radius 2 is 1.43 bits per heavy atom. The molecule has 5 aromatic carbocycles. The average molecular weight is 1100 g/mol. The van der Waals surface area contributed by atoms with Gasteiger partial charge in [-0.15, -0.1) is 18.2 Å². The van der Waals surface area contributed by atoms with Crippen molar-refractivity contribution in [3.05, 3.63) is 162 Å². The molecule has 0 amide bonds. The van der Waals surface area contributed by atoms with Crippen molar-refractivity contribution in [1.82, 2.24) is 19.5 Å². The largest absolute Gasteiger partial charge is 0 e. The molecule has 1 radical (unpaired) electrons. The topological polar surface area (TPSA) is 56.7 Å².